The molecule has 0 amide bonds. The van der Waals surface area contributed by atoms with Gasteiger partial charge in [0.2, 0.25) is 0 Å². The molecule has 0 aromatic carbocycles. The smallest absolute Gasteiger partial charge is 0.311 e. The molecule has 0 aliphatic carbocycles. The van der Waals surface area contributed by atoms with Crippen LogP contribution >= 0.6 is 0 Å². The highest BCUT2D eigenvalue weighted by molar-refractivity contribution is 5.88. The first-order chi connectivity index (χ1) is 24.0. The third-order valence-electron chi connectivity index (χ3n) is 12.2. The number of hydrogen-bond acceptors (Lipinski definition) is 14. The van der Waals surface area contributed by atoms with Crippen molar-refractivity contribution in [3.8, 4) is 0 Å². The molecule has 0 aromatic heterocycles. The summed E-state index contributed by atoms with van der Waals surface area (Å²) in [6.07, 6.45) is -7.64. The fourth-order valence-electron chi connectivity index (χ4n) is 8.96. The largest absolute Gasteiger partial charge is 0.459 e. The Morgan fingerprint density at radius 3 is 2.08 bits per heavy atom. The Balaban J connectivity index is 2.21. The number of carbonyl (C=O) groups excluding carboxylic acids is 1. The molecule has 0 spiro atoms. The fraction of sp³-hybridized carbons (Fsp3) is 0.947. The second-order valence-electron chi connectivity index (χ2n) is 17.2. The molecule has 0 saturated carbocycles. The second-order valence-corrected chi connectivity index (χ2v) is 17.2. The van der Waals surface area contributed by atoms with Gasteiger partial charge in [0.15, 0.2) is 12.6 Å². The zero-order valence-corrected chi connectivity index (χ0v) is 34.0. The minimum atomic E-state index is -1.90. The van der Waals surface area contributed by atoms with Gasteiger partial charge in [0, 0.05) is 31.4 Å². The lowest BCUT2D eigenvalue weighted by atomic mass is 9.69. The SMILES string of the molecule is CC[C@H]1OC(=O)[C@H](C)[C@@H](OC2C[C@@](C)(OC)[C@@H](O)[C@H](C)O2)[C@H](C)[C@@H](OC2O[C@H](C)C[C@H](N(C)C)[C@H]2O)C(C)(C)C[C@@H](C)/C(=N\O)[C@H](C)[C@@H](O)[C@]1(C)O. The molecule has 0 aromatic rings. The number of carbonyl (C=O) groups is 1. The van der Waals surface area contributed by atoms with Crippen LogP contribution in [-0.4, -0.2) is 142 Å². The quantitative estimate of drug-likeness (QED) is 0.145. The van der Waals surface area contributed by atoms with Crippen molar-refractivity contribution in [2.24, 2.45) is 34.2 Å². The number of aliphatic hydroxyl groups excluding tert-OH is 3. The van der Waals surface area contributed by atoms with Gasteiger partial charge >= 0.3 is 5.97 Å². The summed E-state index contributed by atoms with van der Waals surface area (Å²) >= 11 is 0. The van der Waals surface area contributed by atoms with Crippen LogP contribution in [0.1, 0.15) is 102 Å². The average Bonchev–Trinajstić information content (AvgIpc) is 3.06. The molecule has 3 rings (SSSR count). The molecule has 3 aliphatic rings. The standard InChI is InChI=1S/C38H70N2O12/c1-15-26-38(11,45)31(42)21(4)28(39-46)19(2)17-36(8,9)33(52-35-29(41)25(40(12)13)16-20(3)48-35)22(5)30(23(6)34(44)50-26)51-27-18-37(10,47-14)32(43)24(7)49-27/h19-27,29-33,35,41-43,45-46H,15-18H2,1-14H3/b39-28+/t19-,20-,21+,22+,23-,24+,25+,26-,27?,29-,30+,31-,32+,33-,35?,37-,38-/m1/s1. The third kappa shape index (κ3) is 9.49. The zero-order valence-electron chi connectivity index (χ0n) is 34.0. The van der Waals surface area contributed by atoms with E-state index in [1.807, 2.05) is 53.6 Å². The molecule has 0 bridgehead atoms. The Kier molecular flexibility index (Phi) is 15.2. The fourth-order valence-corrected chi connectivity index (χ4v) is 8.96. The van der Waals surface area contributed by atoms with Gasteiger partial charge in [-0.1, -0.05) is 46.7 Å². The number of cyclic esters (lactones) is 1. The van der Waals surface area contributed by atoms with E-state index in [2.05, 4.69) is 5.16 Å². The first kappa shape index (κ1) is 44.9. The maximum Gasteiger partial charge on any atom is 0.311 e. The maximum atomic E-state index is 14.2. The van der Waals surface area contributed by atoms with E-state index in [0.29, 0.717) is 12.8 Å². The number of aliphatic hydroxyl groups is 4. The highest BCUT2D eigenvalue weighted by Gasteiger charge is 2.52. The van der Waals surface area contributed by atoms with Gasteiger partial charge in [-0.05, 0) is 79.3 Å². The van der Waals surface area contributed by atoms with Crippen molar-refractivity contribution in [2.75, 3.05) is 21.2 Å². The summed E-state index contributed by atoms with van der Waals surface area (Å²) < 4.78 is 37.9. The average molecular weight is 747 g/mol. The molecule has 3 saturated heterocycles. The van der Waals surface area contributed by atoms with Gasteiger partial charge in [-0.15, -0.1) is 0 Å². The Bertz CT molecular complexity index is 1200. The number of esters is 1. The van der Waals surface area contributed by atoms with Gasteiger partial charge in [0.1, 0.15) is 23.9 Å². The van der Waals surface area contributed by atoms with Crippen molar-refractivity contribution < 1.29 is 58.8 Å². The number of oxime groups is 1. The Hall–Kier alpha value is -1.46. The van der Waals surface area contributed by atoms with E-state index < -0.39 is 102 Å². The first-order valence-corrected chi connectivity index (χ1v) is 19.0. The number of nitrogens with zero attached hydrogens (tertiary/aromatic N) is 2. The molecule has 0 radical (unpaired) electrons. The molecule has 5 N–H and O–H groups in total. The molecular formula is C38H70N2O12. The summed E-state index contributed by atoms with van der Waals surface area (Å²) in [5.41, 5.74) is -3.40. The van der Waals surface area contributed by atoms with Crippen molar-refractivity contribution in [3.63, 3.8) is 0 Å². The van der Waals surface area contributed by atoms with Gasteiger partial charge in [0.05, 0.1) is 47.8 Å². The molecule has 17 atom stereocenters. The van der Waals surface area contributed by atoms with Crippen LogP contribution in [0.4, 0.5) is 0 Å². The summed E-state index contributed by atoms with van der Waals surface area (Å²) in [6.45, 7) is 19.8. The minimum Gasteiger partial charge on any atom is -0.459 e. The van der Waals surface area contributed by atoms with E-state index in [-0.39, 0.29) is 30.7 Å². The number of hydrogen-bond donors (Lipinski definition) is 5. The van der Waals surface area contributed by atoms with Gasteiger partial charge in [-0.3, -0.25) is 4.79 Å². The maximum absolute atomic E-state index is 14.2. The number of ether oxygens (including phenoxy) is 6. The molecule has 3 fully saturated rings. The van der Waals surface area contributed by atoms with Crippen molar-refractivity contribution in [1.82, 2.24) is 4.90 Å². The van der Waals surface area contributed by atoms with E-state index in [4.69, 9.17) is 28.4 Å². The van der Waals surface area contributed by atoms with Gasteiger partial charge in [-0.25, -0.2) is 0 Å². The molecule has 304 valence electrons. The molecular weight excluding hydrogens is 676 g/mol. The van der Waals surface area contributed by atoms with Crippen molar-refractivity contribution >= 4 is 11.7 Å². The van der Waals surface area contributed by atoms with E-state index in [0.717, 1.165) is 0 Å². The van der Waals surface area contributed by atoms with Crippen LogP contribution in [0.15, 0.2) is 5.16 Å². The number of methoxy groups -OCH3 is 1. The Labute approximate surface area is 311 Å². The second kappa shape index (κ2) is 17.6. The van der Waals surface area contributed by atoms with E-state index in [9.17, 15) is 30.4 Å². The monoisotopic (exact) mass is 746 g/mol. The zero-order chi connectivity index (χ0) is 39.7. The first-order valence-electron chi connectivity index (χ1n) is 19.0. The lowest BCUT2D eigenvalue weighted by molar-refractivity contribution is -0.313. The molecule has 52 heavy (non-hydrogen) atoms. The lowest BCUT2D eigenvalue weighted by Gasteiger charge is -2.49. The predicted octanol–water partition coefficient (Wildman–Crippen LogP) is 3.32. The van der Waals surface area contributed by atoms with Crippen LogP contribution in [0.25, 0.3) is 0 Å². The highest BCUT2D eigenvalue weighted by atomic mass is 16.7. The van der Waals surface area contributed by atoms with Crippen molar-refractivity contribution in [1.29, 1.82) is 0 Å². The Morgan fingerprint density at radius 1 is 0.923 bits per heavy atom. The van der Waals surface area contributed by atoms with Crippen LogP contribution in [0, 0.1) is 29.1 Å². The summed E-state index contributed by atoms with van der Waals surface area (Å²) in [4.78, 5) is 16.1. The minimum absolute atomic E-state index is 0.158. The van der Waals surface area contributed by atoms with Crippen LogP contribution in [0.5, 0.6) is 0 Å². The highest BCUT2D eigenvalue weighted by Crippen LogP contribution is 2.44. The van der Waals surface area contributed by atoms with Crippen LogP contribution in [0.3, 0.4) is 0 Å². The summed E-state index contributed by atoms with van der Waals surface area (Å²) in [7, 11) is 5.32. The topological polar surface area (TPSA) is 189 Å². The third-order valence-corrected chi connectivity index (χ3v) is 12.2. The molecule has 14 nitrogen and oxygen atoms in total. The molecule has 3 aliphatic heterocycles. The summed E-state index contributed by atoms with van der Waals surface area (Å²) in [5.74, 6) is -3.44. The number of rotatable bonds is 7. The normalized spacial score (nSPS) is 47.9. The lowest BCUT2D eigenvalue weighted by Crippen LogP contribution is -2.60. The van der Waals surface area contributed by atoms with Crippen molar-refractivity contribution in [3.05, 3.63) is 0 Å². The van der Waals surface area contributed by atoms with Crippen molar-refractivity contribution in [2.45, 2.75) is 181 Å². The van der Waals surface area contributed by atoms with E-state index in [1.54, 1.807) is 34.6 Å². The van der Waals surface area contributed by atoms with Crippen LogP contribution < -0.4 is 0 Å². The van der Waals surface area contributed by atoms with Crippen LogP contribution in [-0.2, 0) is 33.2 Å². The van der Waals surface area contributed by atoms with E-state index >= 15 is 0 Å². The molecule has 3 heterocycles. The van der Waals surface area contributed by atoms with Crippen LogP contribution in [0.2, 0.25) is 0 Å². The van der Waals surface area contributed by atoms with E-state index in [1.165, 1.54) is 14.0 Å². The van der Waals surface area contributed by atoms with Gasteiger partial charge in [0.25, 0.3) is 0 Å². The summed E-state index contributed by atoms with van der Waals surface area (Å²) in [6, 6.07) is -0.241. The summed E-state index contributed by atoms with van der Waals surface area (Å²) in [5, 5.41) is 59.7. The van der Waals surface area contributed by atoms with Gasteiger partial charge < -0.3 is 59.0 Å². The molecule has 14 heteroatoms. The van der Waals surface area contributed by atoms with Gasteiger partial charge in [-0.2, -0.15) is 0 Å². The number of likely N-dealkylation sites (N-methyl/N-ethyl adjacent to an activating group) is 1. The Morgan fingerprint density at radius 2 is 1.54 bits per heavy atom. The predicted molar refractivity (Wildman–Crippen MR) is 194 cm³/mol. The molecule has 2 unspecified atom stereocenters.